The first-order valence-electron chi connectivity index (χ1n) is 5.84. The molecule has 6 heteroatoms. The van der Waals surface area contributed by atoms with Crippen molar-refractivity contribution in [2.45, 2.75) is 36.8 Å². The minimum Gasteiger partial charge on any atom is -0.392 e. The molecule has 0 spiro atoms. The number of nitrogens with zero attached hydrogens (tertiary/aromatic N) is 1. The molecular weight excluding hydrogens is 274 g/mol. The lowest BCUT2D eigenvalue weighted by Crippen LogP contribution is -2.41. The number of hydrogen-bond donors (Lipinski definition) is 1. The zero-order valence-electron chi connectivity index (χ0n) is 10.1. The van der Waals surface area contributed by atoms with Crippen molar-refractivity contribution in [1.82, 2.24) is 4.31 Å². The van der Waals surface area contributed by atoms with Gasteiger partial charge in [-0.2, -0.15) is 4.31 Å². The SMILES string of the molecule is CN(C1CCC1)S(=O)(=O)c1cc(CO)ccc1Cl. The summed E-state index contributed by atoms with van der Waals surface area (Å²) in [7, 11) is -1.99. The minimum absolute atomic E-state index is 0.0730. The molecule has 18 heavy (non-hydrogen) atoms. The molecule has 0 atom stereocenters. The van der Waals surface area contributed by atoms with Crippen molar-refractivity contribution in [1.29, 1.82) is 0 Å². The van der Waals surface area contributed by atoms with E-state index in [1.54, 1.807) is 13.1 Å². The maximum Gasteiger partial charge on any atom is 0.244 e. The molecule has 4 nitrogen and oxygen atoms in total. The maximum absolute atomic E-state index is 12.4. The lowest BCUT2D eigenvalue weighted by Gasteiger charge is -2.34. The van der Waals surface area contributed by atoms with Crippen molar-refractivity contribution in [3.63, 3.8) is 0 Å². The first-order valence-corrected chi connectivity index (χ1v) is 7.66. The molecule has 0 aliphatic heterocycles. The third-order valence-electron chi connectivity index (χ3n) is 3.42. The van der Waals surface area contributed by atoms with E-state index in [1.807, 2.05) is 0 Å². The minimum atomic E-state index is -3.57. The van der Waals surface area contributed by atoms with Crippen LogP contribution in [0, 0.1) is 0 Å². The average molecular weight is 290 g/mol. The molecule has 0 radical (unpaired) electrons. The molecular formula is C12H16ClNO3S. The molecule has 0 unspecified atom stereocenters. The van der Waals surface area contributed by atoms with Crippen LogP contribution in [0.1, 0.15) is 24.8 Å². The quantitative estimate of drug-likeness (QED) is 0.922. The molecule has 100 valence electrons. The number of benzene rings is 1. The summed E-state index contributed by atoms with van der Waals surface area (Å²) in [5.74, 6) is 0. The van der Waals surface area contributed by atoms with Crippen LogP contribution in [0.5, 0.6) is 0 Å². The number of aliphatic hydroxyl groups excluding tert-OH is 1. The van der Waals surface area contributed by atoms with Gasteiger partial charge in [0.25, 0.3) is 0 Å². The molecule has 1 aromatic rings. The van der Waals surface area contributed by atoms with Crippen LogP contribution in [-0.2, 0) is 16.6 Å². The van der Waals surface area contributed by atoms with Gasteiger partial charge in [-0.05, 0) is 30.5 Å². The van der Waals surface area contributed by atoms with Crippen molar-refractivity contribution >= 4 is 21.6 Å². The number of hydrogen-bond acceptors (Lipinski definition) is 3. The summed E-state index contributed by atoms with van der Waals surface area (Å²) in [6, 6.07) is 4.63. The molecule has 1 aromatic carbocycles. The van der Waals surface area contributed by atoms with Gasteiger partial charge in [0.05, 0.1) is 11.6 Å². The maximum atomic E-state index is 12.4. The van der Waals surface area contributed by atoms with Crippen LogP contribution in [0.25, 0.3) is 0 Å². The van der Waals surface area contributed by atoms with Gasteiger partial charge < -0.3 is 5.11 Å². The van der Waals surface area contributed by atoms with E-state index in [-0.39, 0.29) is 22.6 Å². The van der Waals surface area contributed by atoms with Gasteiger partial charge >= 0.3 is 0 Å². The second-order valence-corrected chi connectivity index (χ2v) is 6.90. The highest BCUT2D eigenvalue weighted by Crippen LogP contribution is 2.31. The van der Waals surface area contributed by atoms with Crippen LogP contribution in [0.2, 0.25) is 5.02 Å². The third-order valence-corrected chi connectivity index (χ3v) is 5.82. The van der Waals surface area contributed by atoms with Gasteiger partial charge in [-0.1, -0.05) is 24.1 Å². The Bertz CT molecular complexity index is 540. The van der Waals surface area contributed by atoms with Crippen molar-refractivity contribution in [3.05, 3.63) is 28.8 Å². The van der Waals surface area contributed by atoms with Gasteiger partial charge in [0.15, 0.2) is 0 Å². The molecule has 0 bridgehead atoms. The fraction of sp³-hybridized carbons (Fsp3) is 0.500. The smallest absolute Gasteiger partial charge is 0.244 e. The summed E-state index contributed by atoms with van der Waals surface area (Å²) in [5.41, 5.74) is 0.542. The van der Waals surface area contributed by atoms with E-state index in [0.29, 0.717) is 5.56 Å². The molecule has 1 aliphatic carbocycles. The Kier molecular flexibility index (Phi) is 3.96. The predicted octanol–water partition coefficient (Wildman–Crippen LogP) is 2.01. The van der Waals surface area contributed by atoms with E-state index in [0.717, 1.165) is 19.3 Å². The van der Waals surface area contributed by atoms with E-state index in [4.69, 9.17) is 16.7 Å². The van der Waals surface area contributed by atoms with Crippen LogP contribution in [-0.4, -0.2) is 30.9 Å². The standard InChI is InChI=1S/C12H16ClNO3S/c1-14(10-3-2-4-10)18(16,17)12-7-9(8-15)5-6-11(12)13/h5-7,10,15H,2-4,8H2,1H3. The Morgan fingerprint density at radius 1 is 1.44 bits per heavy atom. The topological polar surface area (TPSA) is 57.6 Å². The first-order chi connectivity index (χ1) is 8.46. The highest BCUT2D eigenvalue weighted by atomic mass is 35.5. The molecule has 1 fully saturated rings. The van der Waals surface area contributed by atoms with Crippen molar-refractivity contribution in [3.8, 4) is 0 Å². The Labute approximate surface area is 112 Å². The number of rotatable bonds is 4. The Morgan fingerprint density at radius 3 is 2.61 bits per heavy atom. The largest absolute Gasteiger partial charge is 0.392 e. The zero-order valence-corrected chi connectivity index (χ0v) is 11.7. The van der Waals surface area contributed by atoms with Gasteiger partial charge in [-0.25, -0.2) is 8.42 Å². The summed E-state index contributed by atoms with van der Waals surface area (Å²) in [6.45, 7) is -0.202. The number of sulfonamides is 1. The summed E-state index contributed by atoms with van der Waals surface area (Å²) < 4.78 is 26.2. The number of halogens is 1. The molecule has 2 rings (SSSR count). The second-order valence-electron chi connectivity index (χ2n) is 4.53. The van der Waals surface area contributed by atoms with Gasteiger partial charge in [0, 0.05) is 13.1 Å². The van der Waals surface area contributed by atoms with Crippen LogP contribution < -0.4 is 0 Å². The van der Waals surface area contributed by atoms with Crippen molar-refractivity contribution in [2.24, 2.45) is 0 Å². The Morgan fingerprint density at radius 2 is 2.11 bits per heavy atom. The van der Waals surface area contributed by atoms with Gasteiger partial charge in [0.1, 0.15) is 4.90 Å². The monoisotopic (exact) mass is 289 g/mol. The zero-order chi connectivity index (χ0) is 13.3. The van der Waals surface area contributed by atoms with Crippen LogP contribution in [0.4, 0.5) is 0 Å². The van der Waals surface area contributed by atoms with E-state index >= 15 is 0 Å². The summed E-state index contributed by atoms with van der Waals surface area (Å²) >= 11 is 5.96. The van der Waals surface area contributed by atoms with Gasteiger partial charge in [-0.15, -0.1) is 0 Å². The van der Waals surface area contributed by atoms with Crippen molar-refractivity contribution < 1.29 is 13.5 Å². The Balaban J connectivity index is 2.39. The highest BCUT2D eigenvalue weighted by molar-refractivity contribution is 7.89. The molecule has 0 heterocycles. The van der Waals surface area contributed by atoms with Gasteiger partial charge in [0.2, 0.25) is 10.0 Å². The summed E-state index contributed by atoms with van der Waals surface area (Å²) in [4.78, 5) is 0.0742. The molecule has 1 aliphatic rings. The van der Waals surface area contributed by atoms with Crippen LogP contribution in [0.15, 0.2) is 23.1 Å². The normalized spacial score (nSPS) is 16.9. The van der Waals surface area contributed by atoms with E-state index in [1.165, 1.54) is 16.4 Å². The molecule has 1 saturated carbocycles. The fourth-order valence-corrected chi connectivity index (χ4v) is 3.88. The lowest BCUT2D eigenvalue weighted by atomic mass is 9.94. The van der Waals surface area contributed by atoms with E-state index in [2.05, 4.69) is 0 Å². The summed E-state index contributed by atoms with van der Waals surface area (Å²) in [6.07, 6.45) is 2.86. The third kappa shape index (κ3) is 2.40. The van der Waals surface area contributed by atoms with E-state index < -0.39 is 10.0 Å². The van der Waals surface area contributed by atoms with Gasteiger partial charge in [-0.3, -0.25) is 0 Å². The molecule has 0 aromatic heterocycles. The first kappa shape index (κ1) is 13.8. The highest BCUT2D eigenvalue weighted by Gasteiger charge is 2.32. The molecule has 0 saturated heterocycles. The second kappa shape index (κ2) is 5.17. The average Bonchev–Trinajstić information content (AvgIpc) is 2.27. The van der Waals surface area contributed by atoms with Crippen LogP contribution >= 0.6 is 11.6 Å². The fourth-order valence-electron chi connectivity index (χ4n) is 1.95. The predicted molar refractivity (Wildman–Crippen MR) is 70.0 cm³/mol. The Hall–Kier alpha value is -0.620. The lowest BCUT2D eigenvalue weighted by molar-refractivity contribution is 0.249. The van der Waals surface area contributed by atoms with E-state index in [9.17, 15) is 8.42 Å². The summed E-state index contributed by atoms with van der Waals surface area (Å²) in [5, 5.41) is 9.27. The molecule has 0 amide bonds. The molecule has 1 N–H and O–H groups in total. The number of aliphatic hydroxyl groups is 1. The van der Waals surface area contributed by atoms with Crippen molar-refractivity contribution in [2.75, 3.05) is 7.05 Å². The van der Waals surface area contributed by atoms with Crippen LogP contribution in [0.3, 0.4) is 0 Å².